The third-order valence-corrected chi connectivity index (χ3v) is 3.70. The SMILES string of the molecule is Cc1cccc(C)c1CC(O)C1CCCCO1. The Hall–Kier alpha value is -0.860. The quantitative estimate of drug-likeness (QED) is 0.871. The summed E-state index contributed by atoms with van der Waals surface area (Å²) in [6, 6.07) is 6.28. The van der Waals surface area contributed by atoms with Crippen LogP contribution in [0.5, 0.6) is 0 Å². The number of aryl methyl sites for hydroxylation is 2. The van der Waals surface area contributed by atoms with E-state index in [-0.39, 0.29) is 12.2 Å². The predicted molar refractivity (Wildman–Crippen MR) is 69.2 cm³/mol. The number of aliphatic hydroxyl groups excluding tert-OH is 1. The Morgan fingerprint density at radius 3 is 2.59 bits per heavy atom. The molecule has 0 saturated carbocycles. The molecule has 1 N–H and O–H groups in total. The lowest BCUT2D eigenvalue weighted by Crippen LogP contribution is -2.34. The Balaban J connectivity index is 2.04. The summed E-state index contributed by atoms with van der Waals surface area (Å²) in [6.45, 7) is 5.02. The highest BCUT2D eigenvalue weighted by Gasteiger charge is 2.23. The van der Waals surface area contributed by atoms with Crippen molar-refractivity contribution in [2.45, 2.75) is 51.7 Å². The second kappa shape index (κ2) is 5.65. The average Bonchev–Trinajstić information content (AvgIpc) is 2.35. The maximum absolute atomic E-state index is 10.3. The number of benzene rings is 1. The van der Waals surface area contributed by atoms with Crippen molar-refractivity contribution in [1.82, 2.24) is 0 Å². The van der Waals surface area contributed by atoms with Crippen molar-refractivity contribution in [1.29, 1.82) is 0 Å². The first-order chi connectivity index (χ1) is 8.18. The summed E-state index contributed by atoms with van der Waals surface area (Å²) in [6.07, 6.45) is 3.67. The molecule has 1 aromatic rings. The van der Waals surface area contributed by atoms with Gasteiger partial charge in [-0.1, -0.05) is 18.2 Å². The Kier molecular flexibility index (Phi) is 4.19. The van der Waals surface area contributed by atoms with Crippen LogP contribution < -0.4 is 0 Å². The standard InChI is InChI=1S/C15H22O2/c1-11-6-5-7-12(2)13(11)10-14(16)15-8-3-4-9-17-15/h5-7,14-16H,3-4,8-10H2,1-2H3. The number of rotatable bonds is 3. The highest BCUT2D eigenvalue weighted by Crippen LogP contribution is 2.21. The van der Waals surface area contributed by atoms with Crippen molar-refractivity contribution in [3.8, 4) is 0 Å². The molecule has 1 aliphatic heterocycles. The Morgan fingerprint density at radius 2 is 2.00 bits per heavy atom. The molecule has 1 fully saturated rings. The summed E-state index contributed by atoms with van der Waals surface area (Å²) in [5, 5.41) is 10.3. The summed E-state index contributed by atoms with van der Waals surface area (Å²) in [7, 11) is 0. The van der Waals surface area contributed by atoms with Crippen molar-refractivity contribution in [3.63, 3.8) is 0 Å². The van der Waals surface area contributed by atoms with Crippen LogP contribution in [0.4, 0.5) is 0 Å². The zero-order valence-corrected chi connectivity index (χ0v) is 10.8. The molecule has 0 aliphatic carbocycles. The second-order valence-corrected chi connectivity index (χ2v) is 5.05. The topological polar surface area (TPSA) is 29.5 Å². The zero-order valence-electron chi connectivity index (χ0n) is 10.8. The molecule has 1 saturated heterocycles. The van der Waals surface area contributed by atoms with E-state index in [0.717, 1.165) is 19.4 Å². The highest BCUT2D eigenvalue weighted by molar-refractivity contribution is 5.34. The summed E-state index contributed by atoms with van der Waals surface area (Å²) in [5.41, 5.74) is 3.80. The predicted octanol–water partition coefficient (Wildman–Crippen LogP) is 2.78. The Morgan fingerprint density at radius 1 is 1.29 bits per heavy atom. The van der Waals surface area contributed by atoms with Gasteiger partial charge in [0.2, 0.25) is 0 Å². The van der Waals surface area contributed by atoms with Crippen LogP contribution in [-0.4, -0.2) is 23.9 Å². The molecule has 2 unspecified atom stereocenters. The van der Waals surface area contributed by atoms with E-state index >= 15 is 0 Å². The fraction of sp³-hybridized carbons (Fsp3) is 0.600. The summed E-state index contributed by atoms with van der Waals surface area (Å²) >= 11 is 0. The van der Waals surface area contributed by atoms with Crippen molar-refractivity contribution in [2.75, 3.05) is 6.61 Å². The molecular formula is C15H22O2. The van der Waals surface area contributed by atoms with Crippen LogP contribution >= 0.6 is 0 Å². The number of ether oxygens (including phenoxy) is 1. The van der Waals surface area contributed by atoms with Gasteiger partial charge in [0.25, 0.3) is 0 Å². The summed E-state index contributed by atoms with van der Waals surface area (Å²) in [5.74, 6) is 0. The van der Waals surface area contributed by atoms with E-state index < -0.39 is 0 Å². The Labute approximate surface area is 104 Å². The first kappa shape index (κ1) is 12.6. The lowest BCUT2D eigenvalue weighted by molar-refractivity contribution is -0.0612. The average molecular weight is 234 g/mol. The third kappa shape index (κ3) is 3.08. The molecule has 1 aromatic carbocycles. The molecule has 0 spiro atoms. The minimum Gasteiger partial charge on any atom is -0.390 e. The molecule has 2 rings (SSSR count). The molecule has 2 heteroatoms. The molecule has 0 aromatic heterocycles. The molecule has 2 nitrogen and oxygen atoms in total. The lowest BCUT2D eigenvalue weighted by Gasteiger charge is -2.27. The van der Waals surface area contributed by atoms with Gasteiger partial charge in [-0.05, 0) is 49.8 Å². The lowest BCUT2D eigenvalue weighted by atomic mass is 9.93. The molecular weight excluding hydrogens is 212 g/mol. The first-order valence-corrected chi connectivity index (χ1v) is 6.53. The van der Waals surface area contributed by atoms with Crippen molar-refractivity contribution in [3.05, 3.63) is 34.9 Å². The fourth-order valence-corrected chi connectivity index (χ4v) is 2.58. The van der Waals surface area contributed by atoms with E-state index in [4.69, 9.17) is 4.74 Å². The smallest absolute Gasteiger partial charge is 0.0842 e. The van der Waals surface area contributed by atoms with E-state index in [0.29, 0.717) is 6.42 Å². The van der Waals surface area contributed by atoms with Gasteiger partial charge >= 0.3 is 0 Å². The maximum atomic E-state index is 10.3. The van der Waals surface area contributed by atoms with Gasteiger partial charge in [0.05, 0.1) is 12.2 Å². The van der Waals surface area contributed by atoms with Crippen molar-refractivity contribution < 1.29 is 9.84 Å². The van der Waals surface area contributed by atoms with E-state index in [1.165, 1.54) is 23.1 Å². The van der Waals surface area contributed by atoms with Crippen LogP contribution in [0.15, 0.2) is 18.2 Å². The second-order valence-electron chi connectivity index (χ2n) is 5.05. The number of aliphatic hydroxyl groups is 1. The van der Waals surface area contributed by atoms with E-state index in [9.17, 15) is 5.11 Å². The molecule has 0 amide bonds. The van der Waals surface area contributed by atoms with Gasteiger partial charge in [-0.2, -0.15) is 0 Å². The van der Waals surface area contributed by atoms with E-state index in [1.54, 1.807) is 0 Å². The van der Waals surface area contributed by atoms with Crippen LogP contribution in [0.25, 0.3) is 0 Å². The fourth-order valence-electron chi connectivity index (χ4n) is 2.58. The van der Waals surface area contributed by atoms with Gasteiger partial charge in [-0.15, -0.1) is 0 Å². The van der Waals surface area contributed by atoms with Gasteiger partial charge in [-0.3, -0.25) is 0 Å². The van der Waals surface area contributed by atoms with Crippen molar-refractivity contribution >= 4 is 0 Å². The van der Waals surface area contributed by atoms with E-state index in [1.807, 2.05) is 0 Å². The first-order valence-electron chi connectivity index (χ1n) is 6.53. The minimum absolute atomic E-state index is 0.0303. The van der Waals surface area contributed by atoms with Gasteiger partial charge in [0.1, 0.15) is 0 Å². The molecule has 0 bridgehead atoms. The van der Waals surface area contributed by atoms with Gasteiger partial charge in [-0.25, -0.2) is 0 Å². The number of hydrogen-bond acceptors (Lipinski definition) is 2. The molecule has 0 radical (unpaired) electrons. The van der Waals surface area contributed by atoms with Crippen LogP contribution in [0.2, 0.25) is 0 Å². The third-order valence-electron chi connectivity index (χ3n) is 3.70. The largest absolute Gasteiger partial charge is 0.390 e. The van der Waals surface area contributed by atoms with Crippen molar-refractivity contribution in [2.24, 2.45) is 0 Å². The highest BCUT2D eigenvalue weighted by atomic mass is 16.5. The van der Waals surface area contributed by atoms with E-state index in [2.05, 4.69) is 32.0 Å². The molecule has 2 atom stereocenters. The number of hydrogen-bond donors (Lipinski definition) is 1. The van der Waals surface area contributed by atoms with Gasteiger partial charge < -0.3 is 9.84 Å². The maximum Gasteiger partial charge on any atom is 0.0842 e. The van der Waals surface area contributed by atoms with Crippen LogP contribution in [0.3, 0.4) is 0 Å². The minimum atomic E-state index is -0.366. The van der Waals surface area contributed by atoms with Gasteiger partial charge in [0.15, 0.2) is 0 Å². The normalized spacial score (nSPS) is 22.4. The summed E-state index contributed by atoms with van der Waals surface area (Å²) < 4.78 is 5.64. The monoisotopic (exact) mass is 234 g/mol. The molecule has 1 heterocycles. The molecule has 1 aliphatic rings. The van der Waals surface area contributed by atoms with Crippen LogP contribution in [0, 0.1) is 13.8 Å². The Bertz CT molecular complexity index is 347. The molecule has 17 heavy (non-hydrogen) atoms. The van der Waals surface area contributed by atoms with Crippen LogP contribution in [-0.2, 0) is 11.2 Å². The zero-order chi connectivity index (χ0) is 12.3. The summed E-state index contributed by atoms with van der Waals surface area (Å²) in [4.78, 5) is 0. The molecule has 94 valence electrons. The van der Waals surface area contributed by atoms with Gasteiger partial charge in [0, 0.05) is 13.0 Å². The van der Waals surface area contributed by atoms with Crippen LogP contribution in [0.1, 0.15) is 36.0 Å².